The molecule has 2 rings (SSSR count). The molecule has 4 nitrogen and oxygen atoms in total. The minimum absolute atomic E-state index is 0.281. The van der Waals surface area contributed by atoms with Crippen molar-refractivity contribution in [3.8, 4) is 0 Å². The molecule has 0 spiro atoms. The molecular weight excluding hydrogens is 344 g/mol. The molecule has 0 N–H and O–H groups in total. The van der Waals surface area contributed by atoms with Crippen LogP contribution in [-0.4, -0.2) is 47.1 Å². The van der Waals surface area contributed by atoms with Crippen molar-refractivity contribution < 1.29 is 9.63 Å². The van der Waals surface area contributed by atoms with Gasteiger partial charge in [0.25, 0.3) is 0 Å². The van der Waals surface area contributed by atoms with Crippen molar-refractivity contribution in [3.63, 3.8) is 0 Å². The van der Waals surface area contributed by atoms with Gasteiger partial charge in [-0.15, -0.1) is 0 Å². The van der Waals surface area contributed by atoms with Gasteiger partial charge >= 0.3 is 0 Å². The molecule has 0 unspecified atom stereocenters. The molecule has 148 valence electrons. The Bertz CT molecular complexity index is 524. The normalized spacial score (nSPS) is 22.9. The first-order chi connectivity index (χ1) is 12.6. The molecule has 1 aliphatic carbocycles. The molecule has 0 saturated carbocycles. The summed E-state index contributed by atoms with van der Waals surface area (Å²) in [6.45, 7) is 11.3. The Kier molecular flexibility index (Phi) is 9.03. The molecular formula is C21H36N2O2S. The van der Waals surface area contributed by atoms with E-state index in [1.807, 2.05) is 18.7 Å². The molecule has 0 aromatic heterocycles. The fourth-order valence-corrected chi connectivity index (χ4v) is 5.14. The van der Waals surface area contributed by atoms with Gasteiger partial charge in [-0.05, 0) is 50.7 Å². The van der Waals surface area contributed by atoms with E-state index >= 15 is 0 Å². The molecule has 1 saturated heterocycles. The summed E-state index contributed by atoms with van der Waals surface area (Å²) < 4.78 is 0. The maximum Gasteiger partial charge on any atom is 0.166 e. The number of carbonyl (C=O) groups is 1. The zero-order valence-corrected chi connectivity index (χ0v) is 17.9. The van der Waals surface area contributed by atoms with Crippen molar-refractivity contribution >= 4 is 23.3 Å². The predicted octanol–water partition coefficient (Wildman–Crippen LogP) is 5.04. The molecule has 0 bridgehead atoms. The number of hydrogen-bond donors (Lipinski definition) is 0. The van der Waals surface area contributed by atoms with E-state index in [1.165, 1.54) is 18.5 Å². The van der Waals surface area contributed by atoms with Gasteiger partial charge in [0, 0.05) is 30.5 Å². The molecule has 0 aromatic rings. The van der Waals surface area contributed by atoms with E-state index < -0.39 is 0 Å². The second-order valence-corrected chi connectivity index (χ2v) is 9.14. The summed E-state index contributed by atoms with van der Waals surface area (Å²) in [6.07, 6.45) is 7.04. The maximum absolute atomic E-state index is 13.2. The van der Waals surface area contributed by atoms with Crippen molar-refractivity contribution in [2.45, 2.75) is 77.9 Å². The third kappa shape index (κ3) is 5.77. The number of hydrogen-bond acceptors (Lipinski definition) is 5. The van der Waals surface area contributed by atoms with Crippen molar-refractivity contribution in [3.05, 3.63) is 11.3 Å². The van der Waals surface area contributed by atoms with E-state index in [-0.39, 0.29) is 5.78 Å². The zero-order valence-electron chi connectivity index (χ0n) is 17.1. The third-order valence-corrected chi connectivity index (χ3v) is 6.30. The van der Waals surface area contributed by atoms with Gasteiger partial charge in [-0.3, -0.25) is 4.79 Å². The zero-order chi connectivity index (χ0) is 18.9. The van der Waals surface area contributed by atoms with Gasteiger partial charge in [0.1, 0.15) is 6.61 Å². The standard InChI is InChI=1S/C21H36N2O2S/c1-5-10-18(22-25-6-2)21-19(23-11-8-9-12-23)14-17(15-20(21)24)13-16(4)26-7-3/h16-17H,5-15H2,1-4H3/b22-18-/t16-,17-/m0/s1. The Hall–Kier alpha value is -0.970. The van der Waals surface area contributed by atoms with Crippen molar-refractivity contribution in [1.82, 2.24) is 4.90 Å². The monoisotopic (exact) mass is 380 g/mol. The number of nitrogens with zero attached hydrogens (tertiary/aromatic N) is 2. The minimum Gasteiger partial charge on any atom is -0.396 e. The fourth-order valence-electron chi connectivity index (χ4n) is 4.16. The van der Waals surface area contributed by atoms with Crippen LogP contribution in [0.25, 0.3) is 0 Å². The summed E-state index contributed by atoms with van der Waals surface area (Å²) in [5.74, 6) is 1.89. The minimum atomic E-state index is 0.281. The van der Waals surface area contributed by atoms with Gasteiger partial charge in [0.05, 0.1) is 11.3 Å². The van der Waals surface area contributed by atoms with E-state index in [1.54, 1.807) is 0 Å². The Labute approximate surface area is 163 Å². The number of rotatable bonds is 10. The highest BCUT2D eigenvalue weighted by atomic mass is 32.2. The third-order valence-electron chi connectivity index (χ3n) is 5.21. The van der Waals surface area contributed by atoms with Crippen LogP contribution < -0.4 is 0 Å². The summed E-state index contributed by atoms with van der Waals surface area (Å²) >= 11 is 2.00. The van der Waals surface area contributed by atoms with Gasteiger partial charge in [-0.1, -0.05) is 32.3 Å². The highest BCUT2D eigenvalue weighted by molar-refractivity contribution is 7.99. The van der Waals surface area contributed by atoms with Crippen molar-refractivity contribution in [1.29, 1.82) is 0 Å². The number of thioether (sulfide) groups is 1. The summed E-state index contributed by atoms with van der Waals surface area (Å²) in [7, 11) is 0. The number of oxime groups is 1. The Balaban J connectivity index is 2.30. The highest BCUT2D eigenvalue weighted by Crippen LogP contribution is 2.36. The number of carbonyl (C=O) groups excluding carboxylic acids is 1. The lowest BCUT2D eigenvalue weighted by atomic mass is 9.81. The molecule has 2 aliphatic rings. The van der Waals surface area contributed by atoms with Gasteiger partial charge in [0.2, 0.25) is 0 Å². The summed E-state index contributed by atoms with van der Waals surface area (Å²) in [6, 6.07) is 0. The SMILES string of the molecule is CCC/C(=N/OCC)C1=C(N2CCCC2)C[C@H](C[C@H](C)SCC)CC1=O. The van der Waals surface area contributed by atoms with Crippen LogP contribution in [0.3, 0.4) is 0 Å². The second-order valence-electron chi connectivity index (χ2n) is 7.42. The summed E-state index contributed by atoms with van der Waals surface area (Å²) in [5.41, 5.74) is 3.01. The number of Topliss-reactive ketones (excluding diaryl/α,β-unsaturated/α-hetero) is 1. The number of ketones is 1. The Morgan fingerprint density at radius 2 is 2.00 bits per heavy atom. The van der Waals surface area contributed by atoms with Gasteiger partial charge in [-0.2, -0.15) is 11.8 Å². The average molecular weight is 381 g/mol. The second kappa shape index (κ2) is 11.0. The lowest BCUT2D eigenvalue weighted by Gasteiger charge is -2.33. The Morgan fingerprint density at radius 1 is 1.27 bits per heavy atom. The predicted molar refractivity (Wildman–Crippen MR) is 112 cm³/mol. The molecule has 5 heteroatoms. The topological polar surface area (TPSA) is 41.9 Å². The van der Waals surface area contributed by atoms with Crippen LogP contribution in [0.2, 0.25) is 0 Å². The summed E-state index contributed by atoms with van der Waals surface area (Å²) in [4.78, 5) is 21.0. The summed E-state index contributed by atoms with van der Waals surface area (Å²) in [5, 5.41) is 4.97. The van der Waals surface area contributed by atoms with Crippen LogP contribution in [0.4, 0.5) is 0 Å². The number of likely N-dealkylation sites (tertiary alicyclic amines) is 1. The lowest BCUT2D eigenvalue weighted by Crippen LogP contribution is -2.33. The molecule has 1 aliphatic heterocycles. The van der Waals surface area contributed by atoms with Crippen LogP contribution in [0, 0.1) is 5.92 Å². The molecule has 1 fully saturated rings. The first-order valence-corrected chi connectivity index (χ1v) is 11.5. The van der Waals surface area contributed by atoms with E-state index in [2.05, 4.69) is 30.8 Å². The van der Waals surface area contributed by atoms with Crippen LogP contribution in [0.15, 0.2) is 16.4 Å². The Morgan fingerprint density at radius 3 is 2.62 bits per heavy atom. The fraction of sp³-hybridized carbons (Fsp3) is 0.810. The van der Waals surface area contributed by atoms with E-state index in [0.717, 1.165) is 55.8 Å². The molecule has 2 atom stereocenters. The molecule has 1 heterocycles. The molecule has 0 amide bonds. The smallest absolute Gasteiger partial charge is 0.166 e. The first kappa shape index (κ1) is 21.3. The van der Waals surface area contributed by atoms with E-state index in [9.17, 15) is 4.79 Å². The highest BCUT2D eigenvalue weighted by Gasteiger charge is 2.34. The van der Waals surface area contributed by atoms with Crippen LogP contribution in [0.5, 0.6) is 0 Å². The maximum atomic E-state index is 13.2. The van der Waals surface area contributed by atoms with Crippen molar-refractivity contribution in [2.24, 2.45) is 11.1 Å². The van der Waals surface area contributed by atoms with Gasteiger partial charge in [0.15, 0.2) is 5.78 Å². The quantitative estimate of drug-likeness (QED) is 0.393. The first-order valence-electron chi connectivity index (χ1n) is 10.4. The largest absolute Gasteiger partial charge is 0.396 e. The average Bonchev–Trinajstić information content (AvgIpc) is 3.13. The lowest BCUT2D eigenvalue weighted by molar-refractivity contribution is -0.116. The van der Waals surface area contributed by atoms with Gasteiger partial charge in [-0.25, -0.2) is 0 Å². The van der Waals surface area contributed by atoms with Crippen LogP contribution >= 0.6 is 11.8 Å². The molecule has 26 heavy (non-hydrogen) atoms. The molecule has 0 aromatic carbocycles. The van der Waals surface area contributed by atoms with E-state index in [4.69, 9.17) is 4.84 Å². The van der Waals surface area contributed by atoms with Gasteiger partial charge < -0.3 is 9.74 Å². The number of allylic oxidation sites excluding steroid dienone is 2. The molecule has 0 radical (unpaired) electrons. The van der Waals surface area contributed by atoms with E-state index in [0.29, 0.717) is 24.2 Å². The van der Waals surface area contributed by atoms with Crippen LogP contribution in [0.1, 0.15) is 72.6 Å². The van der Waals surface area contributed by atoms with Crippen molar-refractivity contribution in [2.75, 3.05) is 25.4 Å². The van der Waals surface area contributed by atoms with Crippen LogP contribution in [-0.2, 0) is 9.63 Å².